The van der Waals surface area contributed by atoms with Gasteiger partial charge in [0.2, 0.25) is 0 Å². The molecule has 4 aromatic rings. The van der Waals surface area contributed by atoms with Crippen molar-refractivity contribution in [2.45, 2.75) is 51.4 Å². The fourth-order valence-electron chi connectivity index (χ4n) is 4.09. The van der Waals surface area contributed by atoms with Crippen molar-refractivity contribution < 1.29 is 4.39 Å². The molecule has 1 aliphatic carbocycles. The first-order chi connectivity index (χ1) is 14.7. The van der Waals surface area contributed by atoms with Crippen molar-refractivity contribution in [1.82, 2.24) is 34.9 Å². The first-order valence-electron chi connectivity index (χ1n) is 10.4. The Labute approximate surface area is 173 Å². The summed E-state index contributed by atoms with van der Waals surface area (Å²) in [6, 6.07) is 9.73. The molecule has 154 valence electrons. The number of pyridine rings is 2. The summed E-state index contributed by atoms with van der Waals surface area (Å²) in [6.45, 7) is 2.45. The summed E-state index contributed by atoms with van der Waals surface area (Å²) in [7, 11) is 0. The molecular weight excluding hydrogens is 381 g/mol. The Morgan fingerprint density at radius 3 is 2.97 bits per heavy atom. The maximum atomic E-state index is 14.2. The van der Waals surface area contributed by atoms with Gasteiger partial charge >= 0.3 is 0 Å². The van der Waals surface area contributed by atoms with Gasteiger partial charge in [0.05, 0.1) is 23.6 Å². The summed E-state index contributed by atoms with van der Waals surface area (Å²) in [5, 5.41) is 7.51. The normalized spacial score (nSPS) is 19.4. The Morgan fingerprint density at radius 2 is 2.10 bits per heavy atom. The summed E-state index contributed by atoms with van der Waals surface area (Å²) < 4.78 is 15.9. The number of nitrogens with one attached hydrogen (secondary N) is 2. The smallest absolute Gasteiger partial charge is 0.155 e. The molecule has 0 radical (unpaired) electrons. The Kier molecular flexibility index (Phi) is 5.00. The van der Waals surface area contributed by atoms with Crippen molar-refractivity contribution in [3.63, 3.8) is 0 Å². The van der Waals surface area contributed by atoms with Crippen molar-refractivity contribution in [3.05, 3.63) is 54.4 Å². The molecule has 7 nitrogen and oxygen atoms in total. The number of nitrogens with zero attached hydrogens (tertiary/aromatic N) is 5. The Bertz CT molecular complexity index is 1170. The highest BCUT2D eigenvalue weighted by Crippen LogP contribution is 2.30. The third kappa shape index (κ3) is 3.70. The van der Waals surface area contributed by atoms with Crippen molar-refractivity contribution in [1.29, 1.82) is 0 Å². The molecule has 0 unspecified atom stereocenters. The van der Waals surface area contributed by atoms with Crippen molar-refractivity contribution >= 4 is 5.65 Å². The third-order valence-electron chi connectivity index (χ3n) is 5.66. The number of aryl methyl sites for hydroxylation is 1. The average Bonchev–Trinajstić information content (AvgIpc) is 3.39. The fraction of sp³-hybridized carbons (Fsp3) is 0.364. The Morgan fingerprint density at radius 1 is 1.20 bits per heavy atom. The molecular formula is C22H24FN7. The van der Waals surface area contributed by atoms with Crippen LogP contribution >= 0.6 is 0 Å². The van der Waals surface area contributed by atoms with Crippen LogP contribution in [0.5, 0.6) is 0 Å². The van der Waals surface area contributed by atoms with Crippen molar-refractivity contribution in [3.8, 4) is 22.6 Å². The van der Waals surface area contributed by atoms with Crippen LogP contribution in [0.25, 0.3) is 28.3 Å². The lowest BCUT2D eigenvalue weighted by atomic mass is 9.94. The molecule has 4 aromatic heterocycles. The third-order valence-corrected chi connectivity index (χ3v) is 5.66. The largest absolute Gasteiger partial charge is 0.339 e. The monoisotopic (exact) mass is 405 g/mol. The van der Waals surface area contributed by atoms with E-state index in [4.69, 9.17) is 4.98 Å². The van der Waals surface area contributed by atoms with Gasteiger partial charge in [0, 0.05) is 23.5 Å². The van der Waals surface area contributed by atoms with Gasteiger partial charge in [-0.05, 0) is 44.0 Å². The number of H-pyrrole nitrogens is 1. The van der Waals surface area contributed by atoms with Gasteiger partial charge in [-0.2, -0.15) is 5.10 Å². The lowest BCUT2D eigenvalue weighted by Crippen LogP contribution is -2.39. The summed E-state index contributed by atoms with van der Waals surface area (Å²) in [4.78, 5) is 17.2. The first-order valence-corrected chi connectivity index (χ1v) is 10.4. The molecule has 8 heteroatoms. The molecule has 30 heavy (non-hydrogen) atoms. The van der Waals surface area contributed by atoms with Gasteiger partial charge in [0.1, 0.15) is 18.3 Å². The maximum Gasteiger partial charge on any atom is 0.155 e. The number of aromatic nitrogens is 6. The number of imidazole rings is 1. The van der Waals surface area contributed by atoms with Crippen LogP contribution in [0, 0.1) is 6.92 Å². The van der Waals surface area contributed by atoms with Crippen LogP contribution in [0.1, 0.15) is 37.2 Å². The minimum absolute atomic E-state index is 0.111. The zero-order chi connectivity index (χ0) is 20.5. The van der Waals surface area contributed by atoms with E-state index in [0.717, 1.165) is 59.1 Å². The second-order valence-electron chi connectivity index (χ2n) is 7.84. The van der Waals surface area contributed by atoms with E-state index in [0.29, 0.717) is 13.0 Å². The summed E-state index contributed by atoms with van der Waals surface area (Å²) in [5.74, 6) is 0.766. The number of aromatic amines is 1. The molecule has 4 heterocycles. The minimum atomic E-state index is -0.790. The molecule has 1 saturated carbocycles. The number of alkyl halides is 1. The van der Waals surface area contributed by atoms with Gasteiger partial charge in [-0.25, -0.2) is 18.9 Å². The van der Waals surface area contributed by atoms with Crippen LogP contribution < -0.4 is 5.32 Å². The zero-order valence-electron chi connectivity index (χ0n) is 16.8. The predicted molar refractivity (Wildman–Crippen MR) is 113 cm³/mol. The number of hydrogen-bond donors (Lipinski definition) is 2. The van der Waals surface area contributed by atoms with E-state index in [9.17, 15) is 4.39 Å². The number of halogens is 1. The number of rotatable bonds is 5. The molecule has 0 spiro atoms. The Hall–Kier alpha value is -3.13. The van der Waals surface area contributed by atoms with Gasteiger partial charge < -0.3 is 10.3 Å². The summed E-state index contributed by atoms with van der Waals surface area (Å²) >= 11 is 0. The first kappa shape index (κ1) is 18.9. The predicted octanol–water partition coefficient (Wildman–Crippen LogP) is 3.86. The van der Waals surface area contributed by atoms with Gasteiger partial charge in [-0.15, -0.1) is 0 Å². The second-order valence-corrected chi connectivity index (χ2v) is 7.84. The van der Waals surface area contributed by atoms with Crippen molar-refractivity contribution in [2.24, 2.45) is 0 Å². The molecule has 0 aromatic carbocycles. The van der Waals surface area contributed by atoms with E-state index in [1.54, 1.807) is 4.52 Å². The zero-order valence-corrected chi connectivity index (χ0v) is 16.8. The highest BCUT2D eigenvalue weighted by atomic mass is 19.1. The molecule has 0 bridgehead atoms. The van der Waals surface area contributed by atoms with E-state index < -0.39 is 6.17 Å². The molecule has 5 rings (SSSR count). The molecule has 0 aliphatic heterocycles. The minimum Gasteiger partial charge on any atom is -0.339 e. The summed E-state index contributed by atoms with van der Waals surface area (Å²) in [6.07, 6.45) is 6.15. The highest BCUT2D eigenvalue weighted by Gasteiger charge is 2.25. The quantitative estimate of drug-likeness (QED) is 0.527. The van der Waals surface area contributed by atoms with Crippen LogP contribution in [-0.4, -0.2) is 41.8 Å². The molecule has 1 fully saturated rings. The van der Waals surface area contributed by atoms with Crippen LogP contribution in [0.2, 0.25) is 0 Å². The number of hydrogen-bond acceptors (Lipinski definition) is 5. The molecule has 2 N–H and O–H groups in total. The molecule has 0 saturated heterocycles. The van der Waals surface area contributed by atoms with Gasteiger partial charge in [0.25, 0.3) is 0 Å². The average molecular weight is 405 g/mol. The maximum absolute atomic E-state index is 14.2. The van der Waals surface area contributed by atoms with E-state index in [1.807, 2.05) is 43.5 Å². The Balaban J connectivity index is 1.50. The summed E-state index contributed by atoms with van der Waals surface area (Å²) in [5.41, 5.74) is 5.09. The van der Waals surface area contributed by atoms with E-state index in [2.05, 4.69) is 25.4 Å². The van der Waals surface area contributed by atoms with Gasteiger partial charge in [0.15, 0.2) is 5.65 Å². The van der Waals surface area contributed by atoms with Gasteiger partial charge in [-0.3, -0.25) is 4.98 Å². The SMILES string of the molecule is Cc1cccc(-c2[nH]c(CN[C@H]3CCCC[C@H]3F)nc2-c2ccn3ncnc3c2)n1. The lowest BCUT2D eigenvalue weighted by Gasteiger charge is -2.26. The molecule has 1 aliphatic rings. The van der Waals surface area contributed by atoms with Crippen LogP contribution in [0.4, 0.5) is 4.39 Å². The van der Waals surface area contributed by atoms with E-state index in [1.165, 1.54) is 6.33 Å². The molecule has 0 amide bonds. The van der Waals surface area contributed by atoms with E-state index in [-0.39, 0.29) is 6.04 Å². The number of fused-ring (bicyclic) bond motifs is 1. The van der Waals surface area contributed by atoms with Crippen molar-refractivity contribution in [2.75, 3.05) is 0 Å². The fourth-order valence-corrected chi connectivity index (χ4v) is 4.09. The van der Waals surface area contributed by atoms with Crippen LogP contribution in [0.3, 0.4) is 0 Å². The van der Waals surface area contributed by atoms with Crippen LogP contribution in [0.15, 0.2) is 42.9 Å². The topological polar surface area (TPSA) is 83.8 Å². The van der Waals surface area contributed by atoms with Gasteiger partial charge in [-0.1, -0.05) is 18.9 Å². The molecule has 2 atom stereocenters. The highest BCUT2D eigenvalue weighted by molar-refractivity contribution is 5.78. The van der Waals surface area contributed by atoms with Crippen LogP contribution in [-0.2, 0) is 6.54 Å². The lowest BCUT2D eigenvalue weighted by molar-refractivity contribution is 0.187. The second kappa shape index (κ2) is 7.95. The van der Waals surface area contributed by atoms with E-state index >= 15 is 0 Å². The standard InChI is InChI=1S/C22H24FN7/c1-14-5-4-8-18(27-14)22-21(15-9-10-30-20(11-15)25-13-26-30)28-19(29-22)12-24-17-7-3-2-6-16(17)23/h4-5,8-11,13,16-17,24H,2-3,6-7,12H2,1H3,(H,28,29)/t16-,17+/m1/s1.